The first kappa shape index (κ1) is 11.5. The highest BCUT2D eigenvalue weighted by Gasteiger charge is 2.12. The van der Waals surface area contributed by atoms with E-state index in [2.05, 4.69) is 11.9 Å². The summed E-state index contributed by atoms with van der Waals surface area (Å²) in [7, 11) is 1.65. The molecule has 0 fully saturated rings. The van der Waals surface area contributed by atoms with E-state index in [1.54, 1.807) is 7.11 Å². The lowest BCUT2D eigenvalue weighted by Crippen LogP contribution is -2.02. The Morgan fingerprint density at radius 2 is 1.94 bits per heavy atom. The van der Waals surface area contributed by atoms with Gasteiger partial charge in [-0.1, -0.05) is 0 Å². The van der Waals surface area contributed by atoms with Gasteiger partial charge in [0.25, 0.3) is 0 Å². The van der Waals surface area contributed by atoms with Gasteiger partial charge in [-0.3, -0.25) is 0 Å². The lowest BCUT2D eigenvalue weighted by molar-refractivity contribution is 0.415. The highest BCUT2D eigenvalue weighted by Crippen LogP contribution is 2.27. The van der Waals surface area contributed by atoms with Gasteiger partial charge in [-0.2, -0.15) is 0 Å². The Balaban J connectivity index is 2.45. The molecule has 1 aromatic carbocycles. The second-order valence-corrected chi connectivity index (χ2v) is 3.87. The van der Waals surface area contributed by atoms with Crippen LogP contribution in [-0.4, -0.2) is 16.7 Å². The Hall–Kier alpha value is -1.97. The Labute approximate surface area is 101 Å². The van der Waals surface area contributed by atoms with E-state index in [9.17, 15) is 0 Å². The van der Waals surface area contributed by atoms with Crippen molar-refractivity contribution in [3.63, 3.8) is 0 Å². The van der Waals surface area contributed by atoms with E-state index in [-0.39, 0.29) is 0 Å². The summed E-state index contributed by atoms with van der Waals surface area (Å²) in [6.45, 7) is 4.86. The molecule has 2 rings (SSSR count). The molecule has 0 aliphatic rings. The normalized spacial score (nSPS) is 10.5. The molecule has 0 aliphatic heterocycles. The third kappa shape index (κ3) is 1.98. The van der Waals surface area contributed by atoms with Gasteiger partial charge >= 0.3 is 0 Å². The number of nitrogens with zero attached hydrogens (tertiary/aromatic N) is 2. The largest absolute Gasteiger partial charge is 0.497 e. The second kappa shape index (κ2) is 4.49. The van der Waals surface area contributed by atoms with Gasteiger partial charge in [0.05, 0.1) is 7.11 Å². The van der Waals surface area contributed by atoms with Gasteiger partial charge < -0.3 is 15.0 Å². The number of nitrogens with two attached hydrogens (primary N) is 1. The molecule has 0 saturated heterocycles. The summed E-state index contributed by atoms with van der Waals surface area (Å²) in [5.41, 5.74) is 7.94. The molecule has 0 atom stereocenters. The smallest absolute Gasteiger partial charge is 0.131 e. The minimum Gasteiger partial charge on any atom is -0.497 e. The van der Waals surface area contributed by atoms with Crippen molar-refractivity contribution in [1.29, 1.82) is 0 Å². The van der Waals surface area contributed by atoms with Crippen molar-refractivity contribution >= 4 is 5.82 Å². The fourth-order valence-corrected chi connectivity index (χ4v) is 1.94. The molecule has 0 amide bonds. The fourth-order valence-electron chi connectivity index (χ4n) is 1.94. The van der Waals surface area contributed by atoms with Crippen molar-refractivity contribution in [3.8, 4) is 17.0 Å². The van der Waals surface area contributed by atoms with E-state index in [1.807, 2.05) is 35.8 Å². The van der Waals surface area contributed by atoms with E-state index in [4.69, 9.17) is 10.5 Å². The molecule has 1 aromatic heterocycles. The molecule has 0 spiro atoms. The number of benzene rings is 1. The average molecular weight is 231 g/mol. The van der Waals surface area contributed by atoms with Gasteiger partial charge in [-0.05, 0) is 38.1 Å². The summed E-state index contributed by atoms with van der Waals surface area (Å²) in [5.74, 6) is 2.49. The fraction of sp³-hybridized carbons (Fsp3) is 0.308. The quantitative estimate of drug-likeness (QED) is 0.882. The van der Waals surface area contributed by atoms with E-state index < -0.39 is 0 Å². The lowest BCUT2D eigenvalue weighted by atomic mass is 10.1. The number of imidazole rings is 1. The summed E-state index contributed by atoms with van der Waals surface area (Å²) < 4.78 is 7.13. The SMILES string of the molecule is CCn1c(C)nc(-c2ccc(OC)cc2)c1N. The zero-order chi connectivity index (χ0) is 12.4. The number of methoxy groups -OCH3 is 1. The molecule has 4 nitrogen and oxygen atoms in total. The third-order valence-corrected chi connectivity index (χ3v) is 2.88. The van der Waals surface area contributed by atoms with E-state index in [1.165, 1.54) is 0 Å². The molecule has 2 N–H and O–H groups in total. The maximum absolute atomic E-state index is 6.09. The topological polar surface area (TPSA) is 53.1 Å². The minimum absolute atomic E-state index is 0.718. The second-order valence-electron chi connectivity index (χ2n) is 3.87. The maximum atomic E-state index is 6.09. The van der Waals surface area contributed by atoms with Crippen molar-refractivity contribution in [2.24, 2.45) is 0 Å². The molecular weight excluding hydrogens is 214 g/mol. The summed E-state index contributed by atoms with van der Waals surface area (Å²) in [5, 5.41) is 0. The minimum atomic E-state index is 0.718. The summed E-state index contributed by atoms with van der Waals surface area (Å²) in [6.07, 6.45) is 0. The van der Waals surface area contributed by atoms with Gasteiger partial charge in [0, 0.05) is 12.1 Å². The van der Waals surface area contributed by atoms with Crippen LogP contribution in [0.1, 0.15) is 12.7 Å². The third-order valence-electron chi connectivity index (χ3n) is 2.88. The number of aryl methyl sites for hydroxylation is 1. The van der Waals surface area contributed by atoms with Crippen molar-refractivity contribution in [3.05, 3.63) is 30.1 Å². The van der Waals surface area contributed by atoms with E-state index >= 15 is 0 Å². The zero-order valence-electron chi connectivity index (χ0n) is 10.4. The molecule has 90 valence electrons. The Bertz CT molecular complexity index is 514. The Kier molecular flexibility index (Phi) is 3.04. The van der Waals surface area contributed by atoms with Gasteiger partial charge in [0.1, 0.15) is 23.1 Å². The molecule has 0 saturated carbocycles. The molecule has 17 heavy (non-hydrogen) atoms. The van der Waals surface area contributed by atoms with Crippen LogP contribution in [0.4, 0.5) is 5.82 Å². The summed E-state index contributed by atoms with van der Waals surface area (Å²) in [6, 6.07) is 7.76. The van der Waals surface area contributed by atoms with Crippen LogP contribution >= 0.6 is 0 Å². The van der Waals surface area contributed by atoms with E-state index in [0.29, 0.717) is 0 Å². The predicted octanol–water partition coefficient (Wildman–Crippen LogP) is 2.47. The monoisotopic (exact) mass is 231 g/mol. The summed E-state index contributed by atoms with van der Waals surface area (Å²) in [4.78, 5) is 4.50. The highest BCUT2D eigenvalue weighted by atomic mass is 16.5. The van der Waals surface area contributed by atoms with Gasteiger partial charge in [-0.25, -0.2) is 4.98 Å². The molecule has 0 unspecified atom stereocenters. The van der Waals surface area contributed by atoms with E-state index in [0.717, 1.165) is 35.2 Å². The predicted molar refractivity (Wildman–Crippen MR) is 69.0 cm³/mol. The van der Waals surface area contributed by atoms with Crippen LogP contribution in [0.5, 0.6) is 5.75 Å². The van der Waals surface area contributed by atoms with Crippen molar-refractivity contribution in [1.82, 2.24) is 9.55 Å². The molecule has 1 heterocycles. The van der Waals surface area contributed by atoms with Crippen molar-refractivity contribution in [2.45, 2.75) is 20.4 Å². The molecule has 0 radical (unpaired) electrons. The van der Waals surface area contributed by atoms with Crippen LogP contribution < -0.4 is 10.5 Å². The average Bonchev–Trinajstić information content (AvgIpc) is 2.64. The number of ether oxygens (including phenoxy) is 1. The Morgan fingerprint density at radius 1 is 1.29 bits per heavy atom. The van der Waals surface area contributed by atoms with Crippen LogP contribution in [0.3, 0.4) is 0 Å². The van der Waals surface area contributed by atoms with Crippen LogP contribution in [0.2, 0.25) is 0 Å². The van der Waals surface area contributed by atoms with Gasteiger partial charge in [0.15, 0.2) is 0 Å². The van der Waals surface area contributed by atoms with Crippen LogP contribution in [-0.2, 0) is 6.54 Å². The number of aromatic nitrogens is 2. The highest BCUT2D eigenvalue weighted by molar-refractivity contribution is 5.71. The molecule has 0 aliphatic carbocycles. The van der Waals surface area contributed by atoms with Gasteiger partial charge in [0.2, 0.25) is 0 Å². The van der Waals surface area contributed by atoms with Crippen molar-refractivity contribution < 1.29 is 4.74 Å². The van der Waals surface area contributed by atoms with Crippen LogP contribution in [0.25, 0.3) is 11.3 Å². The number of hydrogen-bond acceptors (Lipinski definition) is 3. The number of hydrogen-bond donors (Lipinski definition) is 1. The zero-order valence-corrected chi connectivity index (χ0v) is 10.4. The first-order valence-electron chi connectivity index (χ1n) is 5.64. The molecule has 4 heteroatoms. The number of anilines is 1. The number of nitrogen functional groups attached to an aromatic ring is 1. The number of rotatable bonds is 3. The summed E-state index contributed by atoms with van der Waals surface area (Å²) >= 11 is 0. The first-order chi connectivity index (χ1) is 8.17. The Morgan fingerprint density at radius 3 is 2.41 bits per heavy atom. The van der Waals surface area contributed by atoms with Gasteiger partial charge in [-0.15, -0.1) is 0 Å². The maximum Gasteiger partial charge on any atom is 0.131 e. The van der Waals surface area contributed by atoms with Crippen LogP contribution in [0, 0.1) is 6.92 Å². The molecular formula is C13H17N3O. The molecule has 2 aromatic rings. The first-order valence-corrected chi connectivity index (χ1v) is 5.64. The standard InChI is InChI=1S/C13H17N3O/c1-4-16-9(2)15-12(13(16)14)10-5-7-11(17-3)8-6-10/h5-8H,4,14H2,1-3H3. The lowest BCUT2D eigenvalue weighted by Gasteiger charge is -2.04. The van der Waals surface area contributed by atoms with Crippen LogP contribution in [0.15, 0.2) is 24.3 Å². The molecule has 0 bridgehead atoms. The van der Waals surface area contributed by atoms with Crippen molar-refractivity contribution in [2.75, 3.05) is 12.8 Å².